The fraction of sp³-hybridized carbons (Fsp3) is 0.227. The van der Waals surface area contributed by atoms with Crippen molar-refractivity contribution in [1.29, 1.82) is 0 Å². The van der Waals surface area contributed by atoms with Gasteiger partial charge < -0.3 is 29.0 Å². The van der Waals surface area contributed by atoms with Gasteiger partial charge in [-0.1, -0.05) is 0 Å². The number of hydrogen-bond acceptors (Lipinski definition) is 9. The number of nitrogens with one attached hydrogen (secondary N) is 1. The number of benzene rings is 2. The predicted molar refractivity (Wildman–Crippen MR) is 117 cm³/mol. The van der Waals surface area contributed by atoms with Crippen LogP contribution in [0.25, 0.3) is 10.6 Å². The number of anilines is 1. The van der Waals surface area contributed by atoms with Crippen LogP contribution in [0.3, 0.4) is 0 Å². The fourth-order valence-electron chi connectivity index (χ4n) is 3.01. The maximum Gasteiger partial charge on any atom is 0.312 e. The number of amides is 1. The topological polar surface area (TPSA) is 105 Å². The average molecular weight is 456 g/mol. The number of hydrogen-bond donors (Lipinski definition) is 1. The van der Waals surface area contributed by atoms with E-state index in [9.17, 15) is 9.59 Å². The number of rotatable bonds is 8. The fourth-order valence-corrected chi connectivity index (χ4v) is 3.82. The summed E-state index contributed by atoms with van der Waals surface area (Å²) in [5.41, 5.74) is 1.92. The van der Waals surface area contributed by atoms with E-state index < -0.39 is 18.5 Å². The molecule has 4 rings (SSSR count). The summed E-state index contributed by atoms with van der Waals surface area (Å²) in [7, 11) is 3.13. The summed E-state index contributed by atoms with van der Waals surface area (Å²) in [6.45, 7) is -0.255. The Bertz CT molecular complexity index is 1150. The van der Waals surface area contributed by atoms with E-state index >= 15 is 0 Å². The van der Waals surface area contributed by atoms with Gasteiger partial charge in [-0.3, -0.25) is 9.59 Å². The van der Waals surface area contributed by atoms with Gasteiger partial charge in [0, 0.05) is 22.7 Å². The number of methoxy groups -OCH3 is 2. The highest BCUT2D eigenvalue weighted by atomic mass is 32.1. The molecule has 9 nitrogen and oxygen atoms in total. The standard InChI is InChI=1S/C22H20N2O7S/c1-27-16-5-3-13(7-18(16)28-2)22-24-15(11-32-22)9-21(26)29-10-20(25)23-14-4-6-17-19(8-14)31-12-30-17/h3-8,11H,9-10,12H2,1-2H3,(H,23,25). The maximum atomic E-state index is 12.1. The summed E-state index contributed by atoms with van der Waals surface area (Å²) < 4.78 is 26.1. The van der Waals surface area contributed by atoms with Crippen LogP contribution in [0.4, 0.5) is 5.69 Å². The monoisotopic (exact) mass is 456 g/mol. The SMILES string of the molecule is COc1ccc(-c2nc(CC(=O)OCC(=O)Nc3ccc4c(c3)OCO4)cs2)cc1OC. The lowest BCUT2D eigenvalue weighted by Crippen LogP contribution is -2.21. The Kier molecular flexibility index (Phi) is 6.41. The second kappa shape index (κ2) is 9.56. The Labute approximate surface area is 187 Å². The van der Waals surface area contributed by atoms with Crippen LogP contribution < -0.4 is 24.3 Å². The number of carbonyl (C=O) groups is 2. The van der Waals surface area contributed by atoms with Crippen molar-refractivity contribution in [2.75, 3.05) is 32.9 Å². The molecule has 2 aromatic carbocycles. The third-order valence-corrected chi connectivity index (χ3v) is 5.47. The van der Waals surface area contributed by atoms with Crippen LogP contribution in [-0.4, -0.2) is 44.5 Å². The lowest BCUT2D eigenvalue weighted by atomic mass is 10.2. The second-order valence-electron chi connectivity index (χ2n) is 6.67. The van der Waals surface area contributed by atoms with E-state index in [0.29, 0.717) is 34.4 Å². The minimum Gasteiger partial charge on any atom is -0.493 e. The highest BCUT2D eigenvalue weighted by Crippen LogP contribution is 2.35. The predicted octanol–water partition coefficient (Wildman–Crippen LogP) is 3.28. The van der Waals surface area contributed by atoms with E-state index in [1.165, 1.54) is 11.3 Å². The summed E-state index contributed by atoms with van der Waals surface area (Å²) >= 11 is 1.40. The zero-order valence-electron chi connectivity index (χ0n) is 17.4. The first-order chi connectivity index (χ1) is 15.6. The van der Waals surface area contributed by atoms with Crippen molar-refractivity contribution in [3.05, 3.63) is 47.5 Å². The molecule has 10 heteroatoms. The largest absolute Gasteiger partial charge is 0.493 e. The van der Waals surface area contributed by atoms with Crippen LogP contribution in [0, 0.1) is 0 Å². The minimum absolute atomic E-state index is 0.0406. The Morgan fingerprint density at radius 3 is 2.69 bits per heavy atom. The van der Waals surface area contributed by atoms with Gasteiger partial charge in [0.2, 0.25) is 6.79 Å². The van der Waals surface area contributed by atoms with Crippen molar-refractivity contribution in [2.45, 2.75) is 6.42 Å². The molecule has 0 fully saturated rings. The van der Waals surface area contributed by atoms with Crippen molar-refractivity contribution >= 4 is 28.9 Å². The number of carbonyl (C=O) groups excluding carboxylic acids is 2. The molecule has 0 radical (unpaired) electrons. The van der Waals surface area contributed by atoms with Gasteiger partial charge in [-0.25, -0.2) is 4.98 Å². The lowest BCUT2D eigenvalue weighted by molar-refractivity contribution is -0.146. The first-order valence-electron chi connectivity index (χ1n) is 9.57. The number of aromatic nitrogens is 1. The van der Waals surface area contributed by atoms with Crippen LogP contribution in [0.2, 0.25) is 0 Å². The summed E-state index contributed by atoms with van der Waals surface area (Å²) in [4.78, 5) is 28.7. The van der Waals surface area contributed by atoms with E-state index in [1.54, 1.807) is 43.9 Å². The van der Waals surface area contributed by atoms with E-state index in [-0.39, 0.29) is 13.2 Å². The Balaban J connectivity index is 1.29. The van der Waals surface area contributed by atoms with E-state index in [2.05, 4.69) is 10.3 Å². The zero-order chi connectivity index (χ0) is 22.5. The molecule has 0 spiro atoms. The molecule has 32 heavy (non-hydrogen) atoms. The van der Waals surface area contributed by atoms with E-state index in [1.807, 2.05) is 12.1 Å². The van der Waals surface area contributed by atoms with Crippen LogP contribution in [0.1, 0.15) is 5.69 Å². The first kappa shape index (κ1) is 21.4. The highest BCUT2D eigenvalue weighted by Gasteiger charge is 2.16. The van der Waals surface area contributed by atoms with Crippen molar-refractivity contribution in [1.82, 2.24) is 4.98 Å². The zero-order valence-corrected chi connectivity index (χ0v) is 18.2. The van der Waals surface area contributed by atoms with E-state index in [0.717, 1.165) is 10.6 Å². The summed E-state index contributed by atoms with van der Waals surface area (Å²) in [6, 6.07) is 10.5. The molecule has 2 heterocycles. The van der Waals surface area contributed by atoms with Gasteiger partial charge in [0.15, 0.2) is 29.6 Å². The molecule has 1 amide bonds. The molecule has 0 atom stereocenters. The van der Waals surface area contributed by atoms with Gasteiger partial charge in [-0.2, -0.15) is 0 Å². The molecule has 166 valence electrons. The molecular formula is C22H20N2O7S. The van der Waals surface area contributed by atoms with Crippen LogP contribution in [-0.2, 0) is 20.7 Å². The molecule has 0 unspecified atom stereocenters. The lowest BCUT2D eigenvalue weighted by Gasteiger charge is -2.08. The van der Waals surface area contributed by atoms with Gasteiger partial charge in [0.25, 0.3) is 5.91 Å². The third kappa shape index (κ3) is 4.92. The summed E-state index contributed by atoms with van der Waals surface area (Å²) in [5.74, 6) is 1.38. The Morgan fingerprint density at radius 1 is 1.06 bits per heavy atom. The summed E-state index contributed by atoms with van der Waals surface area (Å²) in [5, 5.41) is 5.16. The average Bonchev–Trinajstić information content (AvgIpc) is 3.46. The molecule has 1 aliphatic rings. The molecule has 0 aliphatic carbocycles. The number of fused-ring (bicyclic) bond motifs is 1. The van der Waals surface area contributed by atoms with Crippen LogP contribution in [0.15, 0.2) is 41.8 Å². The van der Waals surface area contributed by atoms with Gasteiger partial charge in [-0.15, -0.1) is 11.3 Å². The van der Waals surface area contributed by atoms with Gasteiger partial charge in [0.1, 0.15) is 5.01 Å². The molecule has 0 saturated heterocycles. The van der Waals surface area contributed by atoms with Gasteiger partial charge in [0.05, 0.1) is 26.3 Å². The third-order valence-electron chi connectivity index (χ3n) is 4.53. The molecule has 0 saturated carbocycles. The molecule has 0 bridgehead atoms. The maximum absolute atomic E-state index is 12.1. The summed E-state index contributed by atoms with van der Waals surface area (Å²) in [6.07, 6.45) is -0.0406. The Hall–Kier alpha value is -3.79. The second-order valence-corrected chi connectivity index (χ2v) is 7.53. The number of esters is 1. The van der Waals surface area contributed by atoms with Crippen LogP contribution in [0.5, 0.6) is 23.0 Å². The normalized spacial score (nSPS) is 11.7. The smallest absolute Gasteiger partial charge is 0.312 e. The van der Waals surface area contributed by atoms with Crippen LogP contribution >= 0.6 is 11.3 Å². The molecule has 1 aromatic heterocycles. The highest BCUT2D eigenvalue weighted by molar-refractivity contribution is 7.13. The number of thiazole rings is 1. The molecule has 1 N–H and O–H groups in total. The quantitative estimate of drug-likeness (QED) is 0.515. The molecule has 1 aliphatic heterocycles. The van der Waals surface area contributed by atoms with Crippen molar-refractivity contribution in [3.8, 4) is 33.6 Å². The van der Waals surface area contributed by atoms with Gasteiger partial charge >= 0.3 is 5.97 Å². The molecule has 3 aromatic rings. The molecular weight excluding hydrogens is 436 g/mol. The van der Waals surface area contributed by atoms with Crippen molar-refractivity contribution in [3.63, 3.8) is 0 Å². The van der Waals surface area contributed by atoms with Gasteiger partial charge in [-0.05, 0) is 30.3 Å². The van der Waals surface area contributed by atoms with Crippen molar-refractivity contribution in [2.24, 2.45) is 0 Å². The van der Waals surface area contributed by atoms with Crippen molar-refractivity contribution < 1.29 is 33.3 Å². The number of nitrogens with zero attached hydrogens (tertiary/aromatic N) is 1. The first-order valence-corrected chi connectivity index (χ1v) is 10.5. The minimum atomic E-state index is -0.546. The number of ether oxygens (including phenoxy) is 5. The van der Waals surface area contributed by atoms with E-state index in [4.69, 9.17) is 23.7 Å². The Morgan fingerprint density at radius 2 is 1.88 bits per heavy atom.